The van der Waals surface area contributed by atoms with Crippen LogP contribution in [-0.2, 0) is 0 Å². The van der Waals surface area contributed by atoms with Gasteiger partial charge in [-0.25, -0.2) is 0 Å². The summed E-state index contributed by atoms with van der Waals surface area (Å²) in [5.41, 5.74) is 1.99. The van der Waals surface area contributed by atoms with Crippen LogP contribution in [0.2, 0.25) is 0 Å². The molecule has 0 saturated heterocycles. The van der Waals surface area contributed by atoms with Gasteiger partial charge in [-0.05, 0) is 24.3 Å². The van der Waals surface area contributed by atoms with E-state index in [4.69, 9.17) is 0 Å². The third kappa shape index (κ3) is 1.41. The van der Waals surface area contributed by atoms with Crippen LogP contribution in [0.15, 0.2) is 41.1 Å². The van der Waals surface area contributed by atoms with E-state index in [1.807, 2.05) is 30.5 Å². The number of nitrogens with one attached hydrogen (secondary N) is 1. The molecular weight excluding hydrogens is 216 g/mol. The van der Waals surface area contributed by atoms with E-state index in [9.17, 15) is 0 Å². The summed E-state index contributed by atoms with van der Waals surface area (Å²) in [5, 5.41) is 0. The molecule has 2 nitrogen and oxygen atoms in total. The van der Waals surface area contributed by atoms with Gasteiger partial charge in [0.1, 0.15) is 0 Å². The summed E-state index contributed by atoms with van der Waals surface area (Å²) in [5.74, 6) is 0. The van der Waals surface area contributed by atoms with Crippen LogP contribution in [0.5, 0.6) is 0 Å². The summed E-state index contributed by atoms with van der Waals surface area (Å²) in [6.07, 6.45) is 3.66. The van der Waals surface area contributed by atoms with Gasteiger partial charge in [0, 0.05) is 16.9 Å². The normalized spacial score (nSPS) is 10.1. The summed E-state index contributed by atoms with van der Waals surface area (Å²) in [7, 11) is 0. The van der Waals surface area contributed by atoms with E-state index in [1.54, 1.807) is 6.20 Å². The molecule has 0 aromatic carbocycles. The van der Waals surface area contributed by atoms with E-state index in [0.29, 0.717) is 0 Å². The van der Waals surface area contributed by atoms with Crippen molar-refractivity contribution in [3.63, 3.8) is 0 Å². The van der Waals surface area contributed by atoms with Gasteiger partial charge in [-0.3, -0.25) is 4.98 Å². The molecule has 60 valence electrons. The summed E-state index contributed by atoms with van der Waals surface area (Å²) in [6, 6.07) is 7.84. The Morgan fingerprint density at radius 1 is 1.33 bits per heavy atom. The number of hydrogen-bond acceptors (Lipinski definition) is 1. The fraction of sp³-hybridized carbons (Fsp3) is 0. The van der Waals surface area contributed by atoms with Crippen LogP contribution < -0.4 is 0 Å². The molecule has 0 bridgehead atoms. The average molecular weight is 223 g/mol. The summed E-state index contributed by atoms with van der Waals surface area (Å²) in [6.45, 7) is 0. The highest BCUT2D eigenvalue weighted by atomic mass is 79.9. The predicted octanol–water partition coefficient (Wildman–Crippen LogP) is 2.84. The lowest BCUT2D eigenvalue weighted by Gasteiger charge is -1.96. The Hall–Kier alpha value is -1.09. The highest BCUT2D eigenvalue weighted by Gasteiger charge is 1.98. The maximum absolute atomic E-state index is 4.22. The molecule has 0 aliphatic carbocycles. The lowest BCUT2D eigenvalue weighted by molar-refractivity contribution is 1.27. The number of halogens is 1. The zero-order valence-electron chi connectivity index (χ0n) is 6.29. The molecule has 2 rings (SSSR count). The van der Waals surface area contributed by atoms with E-state index in [1.165, 1.54) is 0 Å². The van der Waals surface area contributed by atoms with E-state index in [-0.39, 0.29) is 0 Å². The van der Waals surface area contributed by atoms with Gasteiger partial charge in [0.25, 0.3) is 0 Å². The first-order valence-electron chi connectivity index (χ1n) is 3.61. The third-order valence-electron chi connectivity index (χ3n) is 1.60. The zero-order valence-corrected chi connectivity index (χ0v) is 7.88. The van der Waals surface area contributed by atoms with Crippen molar-refractivity contribution in [2.75, 3.05) is 0 Å². The minimum absolute atomic E-state index is 0.953. The summed E-state index contributed by atoms with van der Waals surface area (Å²) >= 11 is 3.39. The number of aromatic amines is 1. The lowest BCUT2D eigenvalue weighted by atomic mass is 10.3. The molecule has 0 radical (unpaired) electrons. The van der Waals surface area contributed by atoms with Crippen LogP contribution >= 0.6 is 15.9 Å². The van der Waals surface area contributed by atoms with Crippen LogP contribution in [0.4, 0.5) is 0 Å². The Kier molecular flexibility index (Phi) is 1.96. The van der Waals surface area contributed by atoms with Crippen LogP contribution in [0, 0.1) is 0 Å². The minimum Gasteiger partial charge on any atom is -0.360 e. The quantitative estimate of drug-likeness (QED) is 0.791. The van der Waals surface area contributed by atoms with Crippen LogP contribution in [0.1, 0.15) is 0 Å². The maximum atomic E-state index is 4.22. The Balaban J connectivity index is 2.48. The van der Waals surface area contributed by atoms with E-state index < -0.39 is 0 Å². The van der Waals surface area contributed by atoms with Crippen LogP contribution in [0.25, 0.3) is 11.4 Å². The van der Waals surface area contributed by atoms with Crippen molar-refractivity contribution in [3.8, 4) is 11.4 Å². The second kappa shape index (κ2) is 3.11. The Morgan fingerprint density at radius 2 is 2.25 bits per heavy atom. The molecule has 1 N–H and O–H groups in total. The average Bonchev–Trinajstić information content (AvgIpc) is 2.56. The molecule has 0 unspecified atom stereocenters. The molecule has 2 aromatic heterocycles. The number of hydrogen-bond donors (Lipinski definition) is 1. The van der Waals surface area contributed by atoms with Crippen molar-refractivity contribution in [2.45, 2.75) is 0 Å². The summed E-state index contributed by atoms with van der Waals surface area (Å²) < 4.78 is 1.04. The Morgan fingerprint density at radius 3 is 2.92 bits per heavy atom. The number of aromatic nitrogens is 2. The molecule has 0 atom stereocenters. The molecule has 12 heavy (non-hydrogen) atoms. The van der Waals surface area contributed by atoms with E-state index in [2.05, 4.69) is 25.9 Å². The highest BCUT2D eigenvalue weighted by Crippen LogP contribution is 2.17. The maximum Gasteiger partial charge on any atom is 0.0875 e. The molecule has 3 heteroatoms. The van der Waals surface area contributed by atoms with Gasteiger partial charge in [-0.2, -0.15) is 0 Å². The lowest BCUT2D eigenvalue weighted by Crippen LogP contribution is -1.81. The second-order valence-electron chi connectivity index (χ2n) is 2.44. The topological polar surface area (TPSA) is 28.7 Å². The van der Waals surface area contributed by atoms with Crippen molar-refractivity contribution >= 4 is 15.9 Å². The number of pyridine rings is 1. The number of nitrogens with zero attached hydrogens (tertiary/aromatic N) is 1. The number of rotatable bonds is 1. The molecule has 2 aromatic rings. The fourth-order valence-electron chi connectivity index (χ4n) is 1.04. The SMILES string of the molecule is Brc1ccnc(-c2ccc[nH]2)c1. The molecule has 0 amide bonds. The van der Waals surface area contributed by atoms with Crippen molar-refractivity contribution < 1.29 is 0 Å². The number of H-pyrrole nitrogens is 1. The highest BCUT2D eigenvalue weighted by molar-refractivity contribution is 9.10. The molecule has 0 spiro atoms. The molecule has 0 aliphatic heterocycles. The largest absolute Gasteiger partial charge is 0.360 e. The molecule has 2 heterocycles. The third-order valence-corrected chi connectivity index (χ3v) is 2.09. The van der Waals surface area contributed by atoms with Crippen molar-refractivity contribution in [1.29, 1.82) is 0 Å². The van der Waals surface area contributed by atoms with Gasteiger partial charge in [0.05, 0.1) is 11.4 Å². The first-order valence-corrected chi connectivity index (χ1v) is 4.41. The standard InChI is InChI=1S/C9H7BrN2/c10-7-3-5-12-9(6-7)8-2-1-4-11-8/h1-6,11H. The zero-order chi connectivity index (χ0) is 8.39. The van der Waals surface area contributed by atoms with Gasteiger partial charge < -0.3 is 4.98 Å². The Labute approximate surface area is 78.8 Å². The van der Waals surface area contributed by atoms with Crippen molar-refractivity contribution in [2.24, 2.45) is 0 Å². The minimum atomic E-state index is 0.953. The van der Waals surface area contributed by atoms with E-state index in [0.717, 1.165) is 15.9 Å². The van der Waals surface area contributed by atoms with Crippen molar-refractivity contribution in [1.82, 2.24) is 9.97 Å². The first kappa shape index (κ1) is 7.55. The fourth-order valence-corrected chi connectivity index (χ4v) is 1.38. The summed E-state index contributed by atoms with van der Waals surface area (Å²) in [4.78, 5) is 7.32. The van der Waals surface area contributed by atoms with Crippen LogP contribution in [0.3, 0.4) is 0 Å². The molecule has 0 saturated carbocycles. The monoisotopic (exact) mass is 222 g/mol. The van der Waals surface area contributed by atoms with Gasteiger partial charge in [-0.15, -0.1) is 0 Å². The molecular formula is C9H7BrN2. The predicted molar refractivity (Wildman–Crippen MR) is 51.7 cm³/mol. The van der Waals surface area contributed by atoms with Gasteiger partial charge in [0.2, 0.25) is 0 Å². The molecule has 0 fully saturated rings. The van der Waals surface area contributed by atoms with Crippen LogP contribution in [-0.4, -0.2) is 9.97 Å². The van der Waals surface area contributed by atoms with Gasteiger partial charge in [0.15, 0.2) is 0 Å². The molecule has 0 aliphatic rings. The first-order chi connectivity index (χ1) is 5.86. The van der Waals surface area contributed by atoms with Gasteiger partial charge >= 0.3 is 0 Å². The second-order valence-corrected chi connectivity index (χ2v) is 3.36. The van der Waals surface area contributed by atoms with E-state index >= 15 is 0 Å². The Bertz CT molecular complexity index is 368. The van der Waals surface area contributed by atoms with Gasteiger partial charge in [-0.1, -0.05) is 15.9 Å². The van der Waals surface area contributed by atoms with Crippen molar-refractivity contribution in [3.05, 3.63) is 41.1 Å². The smallest absolute Gasteiger partial charge is 0.0875 e.